The molecule has 0 unspecified atom stereocenters. The number of hydrogen-bond acceptors (Lipinski definition) is 2. The van der Waals surface area contributed by atoms with Gasteiger partial charge in [0.2, 0.25) is 5.88 Å². The molecular weight excluding hydrogens is 290 g/mol. The third kappa shape index (κ3) is 1.37. The molecule has 1 aliphatic heterocycles. The number of rotatable bonds is 0. The monoisotopic (exact) mass is 301 g/mol. The summed E-state index contributed by atoms with van der Waals surface area (Å²) in [5.41, 5.74) is 6.81. The molecule has 2 aromatic rings. The van der Waals surface area contributed by atoms with Crippen LogP contribution in [0.4, 0.5) is 0 Å². The zero-order valence-corrected chi connectivity index (χ0v) is 11.5. The summed E-state index contributed by atoms with van der Waals surface area (Å²) < 4.78 is 6.57. The minimum Gasteiger partial charge on any atom is -0.477 e. The highest BCUT2D eigenvalue weighted by Crippen LogP contribution is 2.43. The Hall–Kier alpha value is -1.35. The third-order valence-corrected chi connectivity index (χ3v) is 4.49. The molecule has 0 amide bonds. The highest BCUT2D eigenvalue weighted by molar-refractivity contribution is 9.10. The van der Waals surface area contributed by atoms with Crippen molar-refractivity contribution in [3.63, 3.8) is 0 Å². The predicted molar refractivity (Wildman–Crippen MR) is 74.0 cm³/mol. The molecule has 1 aromatic heterocycles. The number of aryl methyl sites for hydroxylation is 1. The average Bonchev–Trinajstić information content (AvgIpc) is 2.86. The van der Waals surface area contributed by atoms with Crippen LogP contribution in [-0.4, -0.2) is 11.6 Å². The van der Waals surface area contributed by atoms with E-state index in [-0.39, 0.29) is 0 Å². The molecule has 2 heterocycles. The molecule has 1 aliphatic carbocycles. The van der Waals surface area contributed by atoms with Crippen molar-refractivity contribution in [3.8, 4) is 17.0 Å². The van der Waals surface area contributed by atoms with Crippen LogP contribution in [0.1, 0.15) is 16.7 Å². The predicted octanol–water partition coefficient (Wildman–Crippen LogP) is 3.54. The molecule has 4 rings (SSSR count). The number of ether oxygens (including phenoxy) is 1. The second-order valence-electron chi connectivity index (χ2n) is 4.80. The summed E-state index contributed by atoms with van der Waals surface area (Å²) in [6.45, 7) is 0.757. The first-order chi connectivity index (χ1) is 8.84. The SMILES string of the molecule is Brc1nc2c(c3c1CCc1ccccc1-3)CCO2. The van der Waals surface area contributed by atoms with Crippen molar-refractivity contribution >= 4 is 15.9 Å². The van der Waals surface area contributed by atoms with Crippen molar-refractivity contribution in [2.75, 3.05) is 6.61 Å². The van der Waals surface area contributed by atoms with Crippen LogP contribution >= 0.6 is 15.9 Å². The lowest BCUT2D eigenvalue weighted by Gasteiger charge is -2.22. The smallest absolute Gasteiger partial charge is 0.218 e. The maximum absolute atomic E-state index is 5.62. The van der Waals surface area contributed by atoms with Crippen LogP contribution in [0, 0.1) is 0 Å². The van der Waals surface area contributed by atoms with Gasteiger partial charge in [0.15, 0.2) is 0 Å². The van der Waals surface area contributed by atoms with Gasteiger partial charge in [-0.25, -0.2) is 4.98 Å². The molecule has 0 atom stereocenters. The summed E-state index contributed by atoms with van der Waals surface area (Å²) in [4.78, 5) is 4.53. The van der Waals surface area contributed by atoms with Gasteiger partial charge in [0.05, 0.1) is 6.61 Å². The Balaban J connectivity index is 2.08. The maximum Gasteiger partial charge on any atom is 0.218 e. The highest BCUT2D eigenvalue weighted by atomic mass is 79.9. The van der Waals surface area contributed by atoms with Crippen molar-refractivity contribution in [3.05, 3.63) is 45.6 Å². The van der Waals surface area contributed by atoms with Gasteiger partial charge in [0, 0.05) is 12.0 Å². The molecule has 0 fully saturated rings. The lowest BCUT2D eigenvalue weighted by Crippen LogP contribution is -2.08. The second kappa shape index (κ2) is 3.82. The molecule has 0 spiro atoms. The molecular formula is C15H12BrNO. The van der Waals surface area contributed by atoms with E-state index in [1.165, 1.54) is 27.8 Å². The minimum atomic E-state index is 0.757. The van der Waals surface area contributed by atoms with Crippen molar-refractivity contribution in [1.29, 1.82) is 0 Å². The van der Waals surface area contributed by atoms with Gasteiger partial charge < -0.3 is 4.74 Å². The van der Waals surface area contributed by atoms with Crippen LogP contribution in [0.25, 0.3) is 11.1 Å². The van der Waals surface area contributed by atoms with Gasteiger partial charge in [-0.3, -0.25) is 0 Å². The third-order valence-electron chi connectivity index (χ3n) is 3.83. The number of nitrogens with zero attached hydrogens (tertiary/aromatic N) is 1. The van der Waals surface area contributed by atoms with E-state index >= 15 is 0 Å². The number of benzene rings is 1. The lowest BCUT2D eigenvalue weighted by atomic mass is 9.84. The fourth-order valence-corrected chi connectivity index (χ4v) is 3.57. The first-order valence-corrected chi connectivity index (χ1v) is 7.06. The van der Waals surface area contributed by atoms with E-state index < -0.39 is 0 Å². The number of aromatic nitrogens is 1. The summed E-state index contributed by atoms with van der Waals surface area (Å²) in [5.74, 6) is 0.817. The van der Waals surface area contributed by atoms with Gasteiger partial charge in [-0.1, -0.05) is 24.3 Å². The Morgan fingerprint density at radius 3 is 2.89 bits per heavy atom. The Kier molecular flexibility index (Phi) is 2.24. The number of halogens is 1. The van der Waals surface area contributed by atoms with E-state index in [0.29, 0.717) is 0 Å². The van der Waals surface area contributed by atoms with Crippen molar-refractivity contribution in [1.82, 2.24) is 4.98 Å². The number of pyridine rings is 1. The molecule has 90 valence electrons. The van der Waals surface area contributed by atoms with Gasteiger partial charge in [-0.05, 0) is 51.0 Å². The summed E-state index contributed by atoms with van der Waals surface area (Å²) in [7, 11) is 0. The molecule has 2 nitrogen and oxygen atoms in total. The van der Waals surface area contributed by atoms with E-state index in [9.17, 15) is 0 Å². The molecule has 2 aliphatic rings. The topological polar surface area (TPSA) is 22.1 Å². The Morgan fingerprint density at radius 1 is 1.06 bits per heavy atom. The van der Waals surface area contributed by atoms with Crippen molar-refractivity contribution < 1.29 is 4.74 Å². The quantitative estimate of drug-likeness (QED) is 0.694. The molecule has 0 radical (unpaired) electrons. The molecule has 0 saturated carbocycles. The molecule has 1 aromatic carbocycles. The van der Waals surface area contributed by atoms with Crippen LogP contribution in [0.15, 0.2) is 28.9 Å². The van der Waals surface area contributed by atoms with E-state index in [2.05, 4.69) is 45.2 Å². The molecule has 3 heteroatoms. The number of hydrogen-bond donors (Lipinski definition) is 0. The van der Waals surface area contributed by atoms with Crippen LogP contribution in [0.2, 0.25) is 0 Å². The molecule has 0 saturated heterocycles. The van der Waals surface area contributed by atoms with E-state index in [1.54, 1.807) is 0 Å². The van der Waals surface area contributed by atoms with Crippen LogP contribution < -0.4 is 4.74 Å². The summed E-state index contributed by atoms with van der Waals surface area (Å²) in [5, 5.41) is 0. The van der Waals surface area contributed by atoms with Gasteiger partial charge >= 0.3 is 0 Å². The van der Waals surface area contributed by atoms with Gasteiger partial charge in [0.1, 0.15) is 4.60 Å². The first kappa shape index (κ1) is 10.6. The second-order valence-corrected chi connectivity index (χ2v) is 5.55. The summed E-state index contributed by atoms with van der Waals surface area (Å²) >= 11 is 3.60. The summed E-state index contributed by atoms with van der Waals surface area (Å²) in [6.07, 6.45) is 3.14. The average molecular weight is 302 g/mol. The molecule has 18 heavy (non-hydrogen) atoms. The van der Waals surface area contributed by atoms with E-state index in [4.69, 9.17) is 4.74 Å². The Bertz CT molecular complexity index is 647. The highest BCUT2D eigenvalue weighted by Gasteiger charge is 2.27. The lowest BCUT2D eigenvalue weighted by molar-refractivity contribution is 0.344. The maximum atomic E-state index is 5.62. The fraction of sp³-hybridized carbons (Fsp3) is 0.267. The number of fused-ring (bicyclic) bond motifs is 5. The zero-order valence-electron chi connectivity index (χ0n) is 9.87. The van der Waals surface area contributed by atoms with E-state index in [1.807, 2.05) is 0 Å². The van der Waals surface area contributed by atoms with Crippen LogP contribution in [0.3, 0.4) is 0 Å². The largest absolute Gasteiger partial charge is 0.477 e. The molecule has 0 bridgehead atoms. The Morgan fingerprint density at radius 2 is 1.94 bits per heavy atom. The van der Waals surface area contributed by atoms with Crippen LogP contribution in [0.5, 0.6) is 5.88 Å². The summed E-state index contributed by atoms with van der Waals surface area (Å²) in [6, 6.07) is 8.69. The van der Waals surface area contributed by atoms with Gasteiger partial charge in [-0.2, -0.15) is 0 Å². The van der Waals surface area contributed by atoms with Crippen LogP contribution in [-0.2, 0) is 19.3 Å². The van der Waals surface area contributed by atoms with Gasteiger partial charge in [-0.15, -0.1) is 0 Å². The molecule has 0 N–H and O–H groups in total. The zero-order chi connectivity index (χ0) is 12.1. The Labute approximate surface area is 114 Å². The standard InChI is InChI=1S/C15H12BrNO/c16-14-11-6-5-9-3-1-2-4-10(9)13(11)12-7-8-18-15(12)17-14/h1-4H,5-8H2. The van der Waals surface area contributed by atoms with Crippen molar-refractivity contribution in [2.45, 2.75) is 19.3 Å². The minimum absolute atomic E-state index is 0.757. The normalized spacial score (nSPS) is 15.6. The van der Waals surface area contributed by atoms with Crippen molar-refractivity contribution in [2.24, 2.45) is 0 Å². The first-order valence-electron chi connectivity index (χ1n) is 6.27. The van der Waals surface area contributed by atoms with Gasteiger partial charge in [0.25, 0.3) is 0 Å². The van der Waals surface area contributed by atoms with E-state index in [0.717, 1.165) is 36.4 Å². The fourth-order valence-electron chi connectivity index (χ4n) is 3.01.